The van der Waals surface area contributed by atoms with Crippen LogP contribution in [0.3, 0.4) is 0 Å². The number of likely N-dealkylation sites (N-methyl/N-ethyl adjacent to an activating group) is 1. The lowest BCUT2D eigenvalue weighted by Crippen LogP contribution is -2.34. The van der Waals surface area contributed by atoms with E-state index in [0.29, 0.717) is 36.3 Å². The Hall–Kier alpha value is -2.65. The molecule has 9 heteroatoms. The molecule has 3 aromatic rings. The molecular formula is C20H23FN6OS. The van der Waals surface area contributed by atoms with Crippen LogP contribution >= 0.6 is 11.3 Å². The van der Waals surface area contributed by atoms with Gasteiger partial charge in [0.05, 0.1) is 22.5 Å². The second kappa shape index (κ2) is 8.00. The maximum absolute atomic E-state index is 13.5. The van der Waals surface area contributed by atoms with Crippen LogP contribution in [0.25, 0.3) is 10.2 Å². The molecule has 2 atom stereocenters. The normalized spacial score (nSPS) is 17.7. The van der Waals surface area contributed by atoms with E-state index in [9.17, 15) is 9.18 Å². The molecular weight excluding hydrogens is 391 g/mol. The highest BCUT2D eigenvalue weighted by Gasteiger charge is 2.29. The molecule has 152 valence electrons. The number of halogens is 1. The molecule has 0 aliphatic carbocycles. The monoisotopic (exact) mass is 414 g/mol. The Balaban J connectivity index is 1.66. The smallest absolute Gasteiger partial charge is 0.274 e. The number of rotatable bonds is 5. The minimum atomic E-state index is -0.398. The highest BCUT2D eigenvalue weighted by atomic mass is 32.1. The number of anilines is 1. The molecule has 1 amide bonds. The fourth-order valence-electron chi connectivity index (χ4n) is 3.53. The Morgan fingerprint density at radius 1 is 1.34 bits per heavy atom. The summed E-state index contributed by atoms with van der Waals surface area (Å²) in [6, 6.07) is 3.42. The molecule has 0 aromatic carbocycles. The third kappa shape index (κ3) is 4.06. The van der Waals surface area contributed by atoms with Crippen molar-refractivity contribution in [1.82, 2.24) is 25.2 Å². The molecule has 1 aliphatic heterocycles. The molecule has 1 fully saturated rings. The Morgan fingerprint density at radius 3 is 2.90 bits per heavy atom. The van der Waals surface area contributed by atoms with Gasteiger partial charge in [-0.25, -0.2) is 14.4 Å². The number of fused-ring (bicyclic) bond motifs is 1. The Kier molecular flexibility index (Phi) is 5.42. The van der Waals surface area contributed by atoms with Crippen LogP contribution in [0.1, 0.15) is 40.3 Å². The number of aromatic nitrogens is 3. The van der Waals surface area contributed by atoms with Crippen molar-refractivity contribution < 1.29 is 9.18 Å². The lowest BCUT2D eigenvalue weighted by atomic mass is 10.1. The number of pyridine rings is 1. The number of hydrogen-bond acceptors (Lipinski definition) is 7. The second-order valence-electron chi connectivity index (χ2n) is 7.30. The number of hydrogen-bond donors (Lipinski definition) is 2. The minimum absolute atomic E-state index is 0.0832. The van der Waals surface area contributed by atoms with Crippen LogP contribution in [0.2, 0.25) is 0 Å². The first-order valence-corrected chi connectivity index (χ1v) is 10.4. The van der Waals surface area contributed by atoms with Gasteiger partial charge in [0.2, 0.25) is 5.95 Å². The Morgan fingerprint density at radius 2 is 2.17 bits per heavy atom. The van der Waals surface area contributed by atoms with Crippen LogP contribution < -0.4 is 10.6 Å². The zero-order valence-corrected chi connectivity index (χ0v) is 17.4. The average Bonchev–Trinajstić information content (AvgIpc) is 3.32. The number of carbonyl (C=O) groups is 1. The lowest BCUT2D eigenvalue weighted by molar-refractivity contribution is 0.0786. The molecule has 0 unspecified atom stereocenters. The molecule has 1 saturated heterocycles. The van der Waals surface area contributed by atoms with Gasteiger partial charge >= 0.3 is 0 Å². The van der Waals surface area contributed by atoms with Crippen molar-refractivity contribution in [2.45, 2.75) is 32.4 Å². The zero-order valence-electron chi connectivity index (χ0n) is 16.6. The van der Waals surface area contributed by atoms with Gasteiger partial charge in [-0.2, -0.15) is 0 Å². The van der Waals surface area contributed by atoms with E-state index in [4.69, 9.17) is 0 Å². The van der Waals surface area contributed by atoms with E-state index in [-0.39, 0.29) is 11.9 Å². The summed E-state index contributed by atoms with van der Waals surface area (Å²) in [5.41, 5.74) is 1.83. The van der Waals surface area contributed by atoms with Crippen molar-refractivity contribution in [1.29, 1.82) is 0 Å². The van der Waals surface area contributed by atoms with Gasteiger partial charge in [0, 0.05) is 30.2 Å². The third-order valence-corrected chi connectivity index (χ3v) is 6.20. The van der Waals surface area contributed by atoms with E-state index in [2.05, 4.69) is 25.6 Å². The molecule has 29 heavy (non-hydrogen) atoms. The molecule has 3 aromatic heterocycles. The van der Waals surface area contributed by atoms with Crippen LogP contribution in [0, 0.1) is 12.7 Å². The van der Waals surface area contributed by atoms with Crippen LogP contribution in [0.15, 0.2) is 24.5 Å². The molecule has 0 saturated carbocycles. The SMILES string of the molecule is CN[C@H]1CCN(C(=O)c2nc(N[C@@H](C)c3cncc(F)c3)nc3cc(C)sc23)C1. The van der Waals surface area contributed by atoms with Crippen molar-refractivity contribution in [3.05, 3.63) is 46.5 Å². The van der Waals surface area contributed by atoms with Crippen LogP contribution in [-0.4, -0.2) is 51.9 Å². The van der Waals surface area contributed by atoms with Crippen molar-refractivity contribution >= 4 is 33.4 Å². The van der Waals surface area contributed by atoms with Gasteiger partial charge in [-0.1, -0.05) is 0 Å². The van der Waals surface area contributed by atoms with Gasteiger partial charge in [-0.3, -0.25) is 9.78 Å². The predicted octanol–water partition coefficient (Wildman–Crippen LogP) is 3.14. The summed E-state index contributed by atoms with van der Waals surface area (Å²) in [6.07, 6.45) is 3.69. The molecule has 1 aliphatic rings. The Bertz CT molecular complexity index is 1050. The molecule has 2 N–H and O–H groups in total. The van der Waals surface area contributed by atoms with E-state index in [1.54, 1.807) is 6.20 Å². The van der Waals surface area contributed by atoms with E-state index < -0.39 is 5.82 Å². The standard InChI is InChI=1S/C20H23FN6OS/c1-11-6-16-18(29-11)17(19(28)27-5-4-15(10-27)22-3)26-20(25-16)24-12(2)13-7-14(21)9-23-8-13/h6-9,12,15,22H,4-5,10H2,1-3H3,(H,24,25,26)/t12-,15-/m0/s1. The molecule has 7 nitrogen and oxygen atoms in total. The van der Waals surface area contributed by atoms with Gasteiger partial charge in [0.15, 0.2) is 5.69 Å². The summed E-state index contributed by atoms with van der Waals surface area (Å²) in [5.74, 6) is -0.134. The third-order valence-electron chi connectivity index (χ3n) is 5.15. The van der Waals surface area contributed by atoms with Crippen molar-refractivity contribution in [2.75, 3.05) is 25.5 Å². The van der Waals surface area contributed by atoms with Gasteiger partial charge in [0.1, 0.15) is 5.82 Å². The summed E-state index contributed by atoms with van der Waals surface area (Å²) < 4.78 is 14.3. The maximum Gasteiger partial charge on any atom is 0.274 e. The molecule has 0 bridgehead atoms. The predicted molar refractivity (Wildman–Crippen MR) is 112 cm³/mol. The molecule has 0 radical (unpaired) electrons. The van der Waals surface area contributed by atoms with Crippen LogP contribution in [-0.2, 0) is 0 Å². The first-order valence-electron chi connectivity index (χ1n) is 9.56. The van der Waals surface area contributed by atoms with E-state index in [0.717, 1.165) is 27.7 Å². The quantitative estimate of drug-likeness (QED) is 0.667. The van der Waals surface area contributed by atoms with Crippen LogP contribution in [0.5, 0.6) is 0 Å². The maximum atomic E-state index is 13.5. The lowest BCUT2D eigenvalue weighted by Gasteiger charge is -2.18. The summed E-state index contributed by atoms with van der Waals surface area (Å²) >= 11 is 1.52. The van der Waals surface area contributed by atoms with Crippen molar-refractivity contribution in [3.63, 3.8) is 0 Å². The number of aryl methyl sites for hydroxylation is 1. The zero-order chi connectivity index (χ0) is 20.5. The van der Waals surface area contributed by atoms with Crippen molar-refractivity contribution in [2.24, 2.45) is 0 Å². The number of carbonyl (C=O) groups excluding carboxylic acids is 1. The highest BCUT2D eigenvalue weighted by Crippen LogP contribution is 2.29. The topological polar surface area (TPSA) is 83.0 Å². The van der Waals surface area contributed by atoms with Gasteiger partial charge < -0.3 is 15.5 Å². The molecule has 4 heterocycles. The number of likely N-dealkylation sites (tertiary alicyclic amines) is 1. The van der Waals surface area contributed by atoms with E-state index >= 15 is 0 Å². The second-order valence-corrected chi connectivity index (χ2v) is 8.55. The highest BCUT2D eigenvalue weighted by molar-refractivity contribution is 7.19. The fraction of sp³-hybridized carbons (Fsp3) is 0.400. The summed E-state index contributed by atoms with van der Waals surface area (Å²) in [6.45, 7) is 5.23. The largest absolute Gasteiger partial charge is 0.348 e. The Labute approximate surface area is 172 Å². The minimum Gasteiger partial charge on any atom is -0.348 e. The molecule has 4 rings (SSSR count). The number of nitrogens with one attached hydrogen (secondary N) is 2. The summed E-state index contributed by atoms with van der Waals surface area (Å²) in [5, 5.41) is 6.41. The average molecular weight is 415 g/mol. The summed E-state index contributed by atoms with van der Waals surface area (Å²) in [7, 11) is 1.91. The van der Waals surface area contributed by atoms with Gasteiger partial charge in [-0.15, -0.1) is 11.3 Å². The van der Waals surface area contributed by atoms with Gasteiger partial charge in [-0.05, 0) is 45.0 Å². The van der Waals surface area contributed by atoms with Crippen molar-refractivity contribution in [3.8, 4) is 0 Å². The number of nitrogens with zero attached hydrogens (tertiary/aromatic N) is 4. The summed E-state index contributed by atoms with van der Waals surface area (Å²) in [4.78, 5) is 29.1. The van der Waals surface area contributed by atoms with E-state index in [1.807, 2.05) is 31.9 Å². The van der Waals surface area contributed by atoms with E-state index in [1.165, 1.54) is 17.4 Å². The molecule has 0 spiro atoms. The first kappa shape index (κ1) is 19.7. The van der Waals surface area contributed by atoms with Gasteiger partial charge in [0.25, 0.3) is 5.91 Å². The fourth-order valence-corrected chi connectivity index (χ4v) is 4.46. The number of thiophene rings is 1. The first-order chi connectivity index (χ1) is 13.9. The number of amides is 1. The van der Waals surface area contributed by atoms with Crippen LogP contribution in [0.4, 0.5) is 10.3 Å².